The minimum absolute atomic E-state index is 0.000303. The van der Waals surface area contributed by atoms with Crippen LogP contribution in [0.5, 0.6) is 0 Å². The van der Waals surface area contributed by atoms with Gasteiger partial charge in [0.1, 0.15) is 5.82 Å². The number of aliphatic carboxylic acids is 1. The van der Waals surface area contributed by atoms with E-state index in [1.807, 2.05) is 0 Å². The van der Waals surface area contributed by atoms with Crippen LogP contribution in [0.2, 0.25) is 0 Å². The fourth-order valence-corrected chi connectivity index (χ4v) is 4.43. The fourth-order valence-electron chi connectivity index (χ4n) is 4.43. The zero-order valence-corrected chi connectivity index (χ0v) is 17.4. The molecule has 7 heteroatoms. The molecular weight excluding hydrogens is 389 g/mol. The molecule has 1 saturated carbocycles. The minimum Gasteiger partial charge on any atom is -0.481 e. The monoisotopic (exact) mass is 423 g/mol. The van der Waals surface area contributed by atoms with Crippen molar-refractivity contribution in [3.8, 4) is 0 Å². The summed E-state index contributed by atoms with van der Waals surface area (Å²) in [5.74, 6) is -1.10. The van der Waals surface area contributed by atoms with Gasteiger partial charge >= 0.3 is 5.97 Å². The van der Waals surface area contributed by atoms with Crippen LogP contribution in [0.15, 0.2) is 29.4 Å². The van der Waals surface area contributed by atoms with Crippen molar-refractivity contribution in [1.29, 1.82) is 0 Å². The first-order valence-electron chi connectivity index (χ1n) is 10.9. The van der Waals surface area contributed by atoms with Gasteiger partial charge in [0.2, 0.25) is 0 Å². The summed E-state index contributed by atoms with van der Waals surface area (Å²) < 4.78 is 13.0. The molecule has 0 aromatic heterocycles. The Morgan fingerprint density at radius 2 is 1.80 bits per heavy atom. The lowest BCUT2D eigenvalue weighted by Crippen LogP contribution is -2.22. The van der Waals surface area contributed by atoms with Gasteiger partial charge in [0.05, 0.1) is 17.9 Å². The number of aryl methyl sites for hydroxylation is 1. The molecule has 0 saturated heterocycles. The summed E-state index contributed by atoms with van der Waals surface area (Å²) in [7, 11) is 0. The van der Waals surface area contributed by atoms with Gasteiger partial charge in [-0.05, 0) is 62.1 Å². The molecule has 0 amide bonds. The molecule has 4 N–H and O–H groups in total. The Labute approximate surface area is 177 Å². The molecular formula is C23H34FNO5. The van der Waals surface area contributed by atoms with E-state index in [9.17, 15) is 24.6 Å². The maximum atomic E-state index is 13.0. The highest BCUT2D eigenvalue weighted by Gasteiger charge is 2.39. The van der Waals surface area contributed by atoms with Crippen molar-refractivity contribution < 1.29 is 29.7 Å². The molecule has 1 aromatic carbocycles. The van der Waals surface area contributed by atoms with Crippen LogP contribution in [0, 0.1) is 17.7 Å². The largest absolute Gasteiger partial charge is 0.481 e. The number of hydrogen-bond acceptors (Lipinski definition) is 5. The van der Waals surface area contributed by atoms with Crippen LogP contribution >= 0.6 is 0 Å². The second kappa shape index (κ2) is 12.6. The summed E-state index contributed by atoms with van der Waals surface area (Å²) in [4.78, 5) is 10.6. The smallest absolute Gasteiger partial charge is 0.303 e. The molecule has 6 nitrogen and oxygen atoms in total. The molecule has 168 valence electrons. The predicted octanol–water partition coefficient (Wildman–Crippen LogP) is 4.15. The standard InChI is InChI=1S/C23H34FNO5/c24-17-10-7-16(8-11-17)9-12-18(26)13-14-19-20(22(27)15-21(19)25-30)5-3-1-2-4-6-23(28)29/h7-8,10-11,18-20,22,26-27,30H,1-6,9,12-15H2,(H,28,29)/b25-21-. The number of rotatable bonds is 13. The average Bonchev–Trinajstić information content (AvgIpc) is 3.03. The molecule has 4 atom stereocenters. The van der Waals surface area contributed by atoms with Crippen LogP contribution < -0.4 is 0 Å². The number of carboxylic acid groups (broad SMARTS) is 1. The van der Waals surface area contributed by atoms with E-state index in [0.717, 1.165) is 31.2 Å². The van der Waals surface area contributed by atoms with Crippen molar-refractivity contribution in [2.75, 3.05) is 0 Å². The van der Waals surface area contributed by atoms with Crippen molar-refractivity contribution in [3.63, 3.8) is 0 Å². The Hall–Kier alpha value is -1.99. The Bertz CT molecular complexity index is 679. The summed E-state index contributed by atoms with van der Waals surface area (Å²) in [6, 6.07) is 6.27. The maximum absolute atomic E-state index is 13.0. The third-order valence-electron chi connectivity index (χ3n) is 6.15. The minimum atomic E-state index is -0.775. The van der Waals surface area contributed by atoms with Crippen LogP contribution in [-0.4, -0.2) is 44.4 Å². The molecule has 1 aliphatic rings. The molecule has 30 heavy (non-hydrogen) atoms. The van der Waals surface area contributed by atoms with Crippen LogP contribution in [0.4, 0.5) is 4.39 Å². The van der Waals surface area contributed by atoms with E-state index in [0.29, 0.717) is 44.2 Å². The number of benzene rings is 1. The molecule has 0 spiro atoms. The van der Waals surface area contributed by atoms with Gasteiger partial charge < -0.3 is 20.5 Å². The summed E-state index contributed by atoms with van der Waals surface area (Å²) in [6.07, 6.45) is 6.03. The van der Waals surface area contributed by atoms with Crippen LogP contribution in [0.1, 0.15) is 69.8 Å². The average molecular weight is 424 g/mol. The Morgan fingerprint density at radius 3 is 2.47 bits per heavy atom. The van der Waals surface area contributed by atoms with Gasteiger partial charge in [-0.3, -0.25) is 4.79 Å². The summed E-state index contributed by atoms with van der Waals surface area (Å²) in [6.45, 7) is 0. The second-order valence-corrected chi connectivity index (χ2v) is 8.38. The number of aliphatic hydroxyl groups excluding tert-OH is 2. The van der Waals surface area contributed by atoms with E-state index in [2.05, 4.69) is 5.16 Å². The third-order valence-corrected chi connectivity index (χ3v) is 6.15. The van der Waals surface area contributed by atoms with Crippen molar-refractivity contribution in [2.45, 2.75) is 82.8 Å². The lowest BCUT2D eigenvalue weighted by atomic mass is 9.84. The van der Waals surface area contributed by atoms with Gasteiger partial charge in [-0.15, -0.1) is 0 Å². The quantitative estimate of drug-likeness (QED) is 0.216. The van der Waals surface area contributed by atoms with E-state index in [1.54, 1.807) is 12.1 Å². The molecule has 0 bridgehead atoms. The normalized spacial score (nSPS) is 23.7. The maximum Gasteiger partial charge on any atom is 0.303 e. The number of aliphatic hydroxyl groups is 2. The molecule has 2 rings (SSSR count). The number of unbranched alkanes of at least 4 members (excludes halogenated alkanes) is 3. The number of nitrogens with zero attached hydrogens (tertiary/aromatic N) is 1. The van der Waals surface area contributed by atoms with E-state index >= 15 is 0 Å². The number of oxime groups is 1. The Balaban J connectivity index is 1.76. The van der Waals surface area contributed by atoms with Gasteiger partial charge in [-0.2, -0.15) is 0 Å². The summed E-state index contributed by atoms with van der Waals surface area (Å²) in [5, 5.41) is 42.2. The lowest BCUT2D eigenvalue weighted by molar-refractivity contribution is -0.137. The molecule has 0 heterocycles. The van der Waals surface area contributed by atoms with Gasteiger partial charge in [0.25, 0.3) is 0 Å². The lowest BCUT2D eigenvalue weighted by Gasteiger charge is -2.23. The highest BCUT2D eigenvalue weighted by molar-refractivity contribution is 5.89. The van der Waals surface area contributed by atoms with E-state index in [4.69, 9.17) is 5.11 Å². The van der Waals surface area contributed by atoms with Crippen molar-refractivity contribution in [1.82, 2.24) is 0 Å². The van der Waals surface area contributed by atoms with Crippen molar-refractivity contribution in [3.05, 3.63) is 35.6 Å². The van der Waals surface area contributed by atoms with E-state index < -0.39 is 18.2 Å². The second-order valence-electron chi connectivity index (χ2n) is 8.38. The number of carbonyl (C=O) groups is 1. The van der Waals surface area contributed by atoms with Gasteiger partial charge in [-0.1, -0.05) is 36.6 Å². The SMILES string of the molecule is O=C(O)CCCCCCC1C(O)C/C(=N/O)C1CCC(O)CCc1ccc(F)cc1. The van der Waals surface area contributed by atoms with Crippen LogP contribution in [-0.2, 0) is 11.2 Å². The van der Waals surface area contributed by atoms with Crippen LogP contribution in [0.3, 0.4) is 0 Å². The van der Waals surface area contributed by atoms with Crippen molar-refractivity contribution >= 4 is 11.7 Å². The zero-order valence-electron chi connectivity index (χ0n) is 17.4. The third kappa shape index (κ3) is 8.03. The number of carboxylic acids is 1. The van der Waals surface area contributed by atoms with Gasteiger partial charge in [0.15, 0.2) is 0 Å². The topological polar surface area (TPSA) is 110 Å². The molecule has 1 fully saturated rings. The van der Waals surface area contributed by atoms with Gasteiger partial charge in [0, 0.05) is 18.8 Å². The highest BCUT2D eigenvalue weighted by atomic mass is 19.1. The molecule has 1 aliphatic carbocycles. The number of halogens is 1. The molecule has 0 aliphatic heterocycles. The van der Waals surface area contributed by atoms with Gasteiger partial charge in [-0.25, -0.2) is 4.39 Å². The molecule has 1 aromatic rings. The Kier molecular flexibility index (Phi) is 10.2. The first-order valence-corrected chi connectivity index (χ1v) is 10.9. The Morgan fingerprint density at radius 1 is 1.10 bits per heavy atom. The van der Waals surface area contributed by atoms with E-state index in [1.165, 1.54) is 12.1 Å². The first-order chi connectivity index (χ1) is 14.4. The summed E-state index contributed by atoms with van der Waals surface area (Å²) in [5.41, 5.74) is 1.58. The predicted molar refractivity (Wildman–Crippen MR) is 112 cm³/mol. The zero-order chi connectivity index (χ0) is 21.9. The number of hydrogen-bond donors (Lipinski definition) is 4. The summed E-state index contributed by atoms with van der Waals surface area (Å²) >= 11 is 0. The first kappa shape index (κ1) is 24.3. The highest BCUT2D eigenvalue weighted by Crippen LogP contribution is 2.37. The van der Waals surface area contributed by atoms with E-state index in [-0.39, 0.29) is 24.1 Å². The fraction of sp³-hybridized carbons (Fsp3) is 0.652. The molecule has 4 unspecified atom stereocenters. The molecule has 0 radical (unpaired) electrons. The van der Waals surface area contributed by atoms with Crippen molar-refractivity contribution in [2.24, 2.45) is 17.0 Å². The van der Waals surface area contributed by atoms with Crippen LogP contribution in [0.25, 0.3) is 0 Å².